The molecule has 4 aromatic rings. The van der Waals surface area contributed by atoms with Crippen molar-refractivity contribution in [3.8, 4) is 0 Å². The van der Waals surface area contributed by atoms with Gasteiger partial charge in [-0.15, -0.1) is 39.7 Å². The molecule has 0 spiro atoms. The van der Waals surface area contributed by atoms with Gasteiger partial charge < -0.3 is 24.8 Å². The molecule has 0 heterocycles. The summed E-state index contributed by atoms with van der Waals surface area (Å²) in [6, 6.07) is 29.3. The predicted octanol–water partition coefficient (Wildman–Crippen LogP) is 0.634. The molecule has 0 unspecified atom stereocenters. The number of halogens is 2. The molecule has 30 heavy (non-hydrogen) atoms. The Kier molecular flexibility index (Phi) is 14.6. The van der Waals surface area contributed by atoms with E-state index in [9.17, 15) is 0 Å². The van der Waals surface area contributed by atoms with E-state index < -0.39 is 8.32 Å². The van der Waals surface area contributed by atoms with Crippen LogP contribution in [0.15, 0.2) is 84.9 Å². The summed E-state index contributed by atoms with van der Waals surface area (Å²) in [5, 5.41) is 5.39. The van der Waals surface area contributed by atoms with Gasteiger partial charge in [0.2, 0.25) is 0 Å². The second kappa shape index (κ2) is 15.0. The summed E-state index contributed by atoms with van der Waals surface area (Å²) in [6.45, 7) is 8.84. The number of benzene rings is 2. The molecule has 0 aromatic heterocycles. The number of hydrogen-bond donors (Lipinski definition) is 0. The second-order valence-electron chi connectivity index (χ2n) is 7.36. The largest absolute Gasteiger partial charge is 1.00 e. The van der Waals surface area contributed by atoms with E-state index in [2.05, 4.69) is 74.2 Å². The minimum Gasteiger partial charge on any atom is -1.00 e. The van der Waals surface area contributed by atoms with E-state index in [0.717, 1.165) is 3.39 Å². The van der Waals surface area contributed by atoms with Crippen LogP contribution in [0.2, 0.25) is 19.6 Å². The Balaban J connectivity index is 0.000000444. The molecule has 2 nitrogen and oxygen atoms in total. The summed E-state index contributed by atoms with van der Waals surface area (Å²) in [6.07, 6.45) is 0. The number of ether oxygens (including phenoxy) is 1. The van der Waals surface area contributed by atoms with Crippen LogP contribution >= 0.6 is 0 Å². The summed E-state index contributed by atoms with van der Waals surface area (Å²) in [4.78, 5) is 0. The maximum atomic E-state index is 5.45. The first-order valence-electron chi connectivity index (χ1n) is 9.38. The zero-order chi connectivity index (χ0) is 20.4. The molecule has 160 valence electrons. The van der Waals surface area contributed by atoms with Crippen molar-refractivity contribution in [3.05, 3.63) is 84.9 Å². The summed E-state index contributed by atoms with van der Waals surface area (Å²) in [5.74, 6) is 0. The van der Waals surface area contributed by atoms with Crippen molar-refractivity contribution in [1.82, 2.24) is 0 Å². The monoisotopic (exact) mass is 536 g/mol. The van der Waals surface area contributed by atoms with Gasteiger partial charge >= 0.3 is 78.5 Å². The first kappa shape index (κ1) is 29.1. The van der Waals surface area contributed by atoms with Gasteiger partial charge in [-0.25, -0.2) is 12.1 Å². The van der Waals surface area contributed by atoms with Crippen molar-refractivity contribution in [1.29, 1.82) is 0 Å². The smallest absolute Gasteiger partial charge is 0.0771 e. The van der Waals surface area contributed by atoms with E-state index in [1.54, 1.807) is 0 Å². The third kappa shape index (κ3) is 10.9. The summed E-state index contributed by atoms with van der Waals surface area (Å²) in [5.41, 5.74) is 0. The van der Waals surface area contributed by atoms with E-state index in [1.165, 1.54) is 45.8 Å². The van der Waals surface area contributed by atoms with Crippen molar-refractivity contribution in [2.75, 3.05) is 6.79 Å². The first-order chi connectivity index (χ1) is 13.4. The molecule has 4 aromatic carbocycles. The van der Waals surface area contributed by atoms with Crippen LogP contribution in [0.4, 0.5) is 0 Å². The van der Waals surface area contributed by atoms with Crippen molar-refractivity contribution in [3.63, 3.8) is 0 Å². The third-order valence-corrected chi connectivity index (χ3v) is 5.18. The fourth-order valence-electron chi connectivity index (χ4n) is 2.52. The molecule has 0 amide bonds. The van der Waals surface area contributed by atoms with Crippen LogP contribution in [0.25, 0.3) is 21.5 Å². The van der Waals surface area contributed by atoms with Gasteiger partial charge in [0.25, 0.3) is 0 Å². The van der Waals surface area contributed by atoms with Gasteiger partial charge in [-0.2, -0.15) is 18.2 Å². The zero-order valence-corrected chi connectivity index (χ0v) is 22.8. The Morgan fingerprint density at radius 3 is 1.67 bits per heavy atom. The Morgan fingerprint density at radius 1 is 0.833 bits per heavy atom. The van der Waals surface area contributed by atoms with E-state index in [1.807, 2.05) is 37.3 Å². The second-order valence-corrected chi connectivity index (χ2v) is 13.6. The molecule has 0 bridgehead atoms. The molecular formula is C24H28Cl2O2SiZr-2. The normalized spacial score (nSPS) is 10.1. The van der Waals surface area contributed by atoms with Gasteiger partial charge in [0, 0.05) is 0 Å². The number of rotatable bonds is 4. The van der Waals surface area contributed by atoms with Crippen LogP contribution in [-0.2, 0) is 33.4 Å². The minimum absolute atomic E-state index is 0. The molecule has 6 heteroatoms. The third-order valence-electron chi connectivity index (χ3n) is 3.85. The summed E-state index contributed by atoms with van der Waals surface area (Å²) in [7, 11) is -1.35. The Bertz CT molecular complexity index is 908. The van der Waals surface area contributed by atoms with Crippen molar-refractivity contribution in [2.45, 2.75) is 26.6 Å². The SMILES string of the molecule is C[C](=[Zr+2])OCO[Si](C)(C)C.[Cl-].[Cl-].c1cc[cH-]c1.c1ccc2c(c1)[cH-]c1ccccc12. The van der Waals surface area contributed by atoms with Crippen LogP contribution < -0.4 is 24.8 Å². The predicted molar refractivity (Wildman–Crippen MR) is 120 cm³/mol. The van der Waals surface area contributed by atoms with Crippen molar-refractivity contribution < 1.29 is 58.2 Å². The van der Waals surface area contributed by atoms with Crippen LogP contribution in [-0.4, -0.2) is 18.5 Å². The number of hydrogen-bond acceptors (Lipinski definition) is 2. The maximum Gasteiger partial charge on any atom is -0.0771 e. The average Bonchev–Trinajstić information content (AvgIpc) is 3.32. The van der Waals surface area contributed by atoms with Gasteiger partial charge in [0.15, 0.2) is 0 Å². The minimum atomic E-state index is -1.35. The topological polar surface area (TPSA) is 18.5 Å². The standard InChI is InChI=1S/C13H9.C6H14O2Si.C5H5.2ClH.Zr/c1-3-7-12-10(5-1)9-11-6-2-4-8-13(11)12;1-5-7-6-8-9(2,3)4;1-2-4-5-3-1;;;/h1-9H;6H2,1-4H3;1-5H;2*1H;/q-1;;-1;;;+2/p-2. The Morgan fingerprint density at radius 2 is 1.30 bits per heavy atom. The van der Waals surface area contributed by atoms with E-state index in [-0.39, 0.29) is 24.8 Å². The van der Waals surface area contributed by atoms with E-state index in [4.69, 9.17) is 9.16 Å². The quantitative estimate of drug-likeness (QED) is 0.216. The average molecular weight is 539 g/mol. The molecule has 0 fully saturated rings. The summed E-state index contributed by atoms with van der Waals surface area (Å²) >= 11 is 1.33. The van der Waals surface area contributed by atoms with Gasteiger partial charge in [-0.3, -0.25) is 0 Å². The van der Waals surface area contributed by atoms with Gasteiger partial charge in [-0.05, 0) is 0 Å². The van der Waals surface area contributed by atoms with Gasteiger partial charge in [-0.1, -0.05) is 36.4 Å². The fourth-order valence-corrected chi connectivity index (χ4v) is 3.08. The molecule has 0 saturated heterocycles. The van der Waals surface area contributed by atoms with Gasteiger partial charge in [0.1, 0.15) is 0 Å². The molecule has 0 atom stereocenters. The molecule has 0 N–H and O–H groups in total. The molecule has 0 saturated carbocycles. The molecule has 4 rings (SSSR count). The summed E-state index contributed by atoms with van der Waals surface area (Å²) < 4.78 is 11.7. The van der Waals surface area contributed by atoms with Crippen molar-refractivity contribution in [2.24, 2.45) is 0 Å². The molecular weight excluding hydrogens is 510 g/mol. The Labute approximate surface area is 208 Å². The van der Waals surface area contributed by atoms with Gasteiger partial charge in [0.05, 0.1) is 0 Å². The van der Waals surface area contributed by atoms with E-state index in [0.29, 0.717) is 6.79 Å². The van der Waals surface area contributed by atoms with Crippen LogP contribution in [0.1, 0.15) is 6.92 Å². The molecule has 0 aliphatic carbocycles. The fraction of sp³-hybridized carbons (Fsp3) is 0.208. The van der Waals surface area contributed by atoms with Crippen LogP contribution in [0, 0.1) is 0 Å². The zero-order valence-electron chi connectivity index (χ0n) is 17.9. The van der Waals surface area contributed by atoms with Crippen LogP contribution in [0.3, 0.4) is 0 Å². The van der Waals surface area contributed by atoms with Crippen molar-refractivity contribution >= 4 is 33.3 Å². The Hall–Kier alpha value is -0.870. The van der Waals surface area contributed by atoms with E-state index >= 15 is 0 Å². The molecule has 0 aliphatic rings. The molecule has 0 aliphatic heterocycles. The van der Waals surface area contributed by atoms with Crippen LogP contribution in [0.5, 0.6) is 0 Å². The maximum absolute atomic E-state index is 5.45. The molecule has 0 radical (unpaired) electrons. The number of fused-ring (bicyclic) bond motifs is 3. The first-order valence-corrected chi connectivity index (χ1v) is 14.0.